The quantitative estimate of drug-likeness (QED) is 0.0870. The Morgan fingerprint density at radius 1 is 0.630 bits per heavy atom. The maximum absolute atomic E-state index is 12.4. The van der Waals surface area contributed by atoms with Crippen molar-refractivity contribution in [3.63, 3.8) is 0 Å². The Morgan fingerprint density at radius 3 is 1.67 bits per heavy atom. The smallest absolute Gasteiger partial charge is 0.222 e. The second-order valence-corrected chi connectivity index (χ2v) is 11.5. The first kappa shape index (κ1) is 38.3. The Labute approximate surface area is 264 Å². The number of aliphatic hydroxyl groups is 8. The normalized spacial score (nSPS) is 41.4. The molecule has 3 aliphatic heterocycles. The molecule has 3 saturated heterocycles. The molecule has 11 N–H and O–H groups in total. The van der Waals surface area contributed by atoms with Gasteiger partial charge in [0.1, 0.15) is 73.1 Å². The van der Waals surface area contributed by atoms with Crippen molar-refractivity contribution in [3.05, 3.63) is 0 Å². The summed E-state index contributed by atoms with van der Waals surface area (Å²) in [4.78, 5) is 36.6. The Morgan fingerprint density at radius 2 is 1.13 bits per heavy atom. The summed E-state index contributed by atoms with van der Waals surface area (Å²) in [5, 5.41) is 90.6. The molecule has 3 fully saturated rings. The fourth-order valence-corrected chi connectivity index (χ4v) is 5.59. The predicted molar refractivity (Wildman–Crippen MR) is 150 cm³/mol. The molecule has 266 valence electrons. The van der Waals surface area contributed by atoms with Gasteiger partial charge in [0.05, 0.1) is 19.8 Å². The largest absolute Gasteiger partial charge is 0.394 e. The van der Waals surface area contributed by atoms with Crippen molar-refractivity contribution in [2.75, 3.05) is 19.8 Å². The van der Waals surface area contributed by atoms with Crippen LogP contribution in [-0.4, -0.2) is 170 Å². The van der Waals surface area contributed by atoms with E-state index in [0.717, 1.165) is 13.3 Å². The molecule has 0 spiro atoms. The topological polar surface area (TPSA) is 295 Å². The van der Waals surface area contributed by atoms with Crippen molar-refractivity contribution in [2.24, 2.45) is 0 Å². The van der Waals surface area contributed by atoms with Crippen LogP contribution in [0.5, 0.6) is 0 Å². The van der Waals surface area contributed by atoms with Gasteiger partial charge >= 0.3 is 0 Å². The summed E-state index contributed by atoms with van der Waals surface area (Å²) in [6.07, 6.45) is -19.2. The minimum absolute atomic E-state index is 0.143. The highest BCUT2D eigenvalue weighted by atomic mass is 16.7. The average molecular weight is 670 g/mol. The van der Waals surface area contributed by atoms with Gasteiger partial charge in [0.15, 0.2) is 18.8 Å². The zero-order valence-corrected chi connectivity index (χ0v) is 25.7. The number of carbonyl (C=O) groups excluding carboxylic acids is 3. The molecular weight excluding hydrogens is 622 g/mol. The van der Waals surface area contributed by atoms with Gasteiger partial charge < -0.3 is 80.5 Å². The first-order chi connectivity index (χ1) is 21.8. The molecule has 15 atom stereocenters. The highest BCUT2D eigenvalue weighted by Gasteiger charge is 2.54. The van der Waals surface area contributed by atoms with Crippen molar-refractivity contribution in [1.29, 1.82) is 0 Å². The van der Waals surface area contributed by atoms with Gasteiger partial charge in [-0.25, -0.2) is 0 Å². The number of hydrogen-bond donors (Lipinski definition) is 11. The van der Waals surface area contributed by atoms with Crippen LogP contribution in [0.25, 0.3) is 0 Å². The summed E-state index contributed by atoms with van der Waals surface area (Å²) < 4.78 is 28.6. The van der Waals surface area contributed by atoms with Gasteiger partial charge in [-0.05, 0) is 6.42 Å². The highest BCUT2D eigenvalue weighted by Crippen LogP contribution is 2.32. The maximum Gasteiger partial charge on any atom is 0.222 e. The molecule has 0 aromatic heterocycles. The first-order valence-corrected chi connectivity index (χ1v) is 15.1. The van der Waals surface area contributed by atoms with Crippen molar-refractivity contribution in [3.8, 4) is 0 Å². The molecule has 6 unspecified atom stereocenters. The predicted octanol–water partition coefficient (Wildman–Crippen LogP) is -5.97. The lowest BCUT2D eigenvalue weighted by Crippen LogP contribution is -2.71. The van der Waals surface area contributed by atoms with E-state index in [1.807, 2.05) is 6.92 Å². The van der Waals surface area contributed by atoms with E-state index in [1.165, 1.54) is 6.92 Å². The van der Waals surface area contributed by atoms with Crippen molar-refractivity contribution >= 4 is 17.7 Å². The van der Waals surface area contributed by atoms with Crippen LogP contribution < -0.4 is 16.0 Å². The minimum Gasteiger partial charge on any atom is -0.394 e. The van der Waals surface area contributed by atoms with Gasteiger partial charge in [0, 0.05) is 20.3 Å². The van der Waals surface area contributed by atoms with E-state index < -0.39 is 129 Å². The molecule has 0 saturated carbocycles. The Hall–Kier alpha value is -2.11. The summed E-state index contributed by atoms with van der Waals surface area (Å²) in [7, 11) is 0. The number of amides is 3. The van der Waals surface area contributed by atoms with Crippen LogP contribution in [0.2, 0.25) is 0 Å². The molecule has 0 aliphatic carbocycles. The maximum atomic E-state index is 12.4. The monoisotopic (exact) mass is 669 g/mol. The number of ether oxygens (including phenoxy) is 5. The van der Waals surface area contributed by atoms with Crippen LogP contribution in [0.3, 0.4) is 0 Å². The molecule has 0 bridgehead atoms. The van der Waals surface area contributed by atoms with E-state index in [9.17, 15) is 55.2 Å². The molecular formula is C27H47N3O16. The molecule has 0 aromatic rings. The summed E-state index contributed by atoms with van der Waals surface area (Å²) >= 11 is 0. The summed E-state index contributed by atoms with van der Waals surface area (Å²) in [6.45, 7) is 1.83. The number of hydrogen-bond acceptors (Lipinski definition) is 16. The number of nitrogens with one attached hydrogen (secondary N) is 3. The third-order valence-corrected chi connectivity index (χ3v) is 7.98. The molecule has 3 heterocycles. The zero-order valence-electron chi connectivity index (χ0n) is 25.7. The Bertz CT molecular complexity index is 1010. The molecule has 46 heavy (non-hydrogen) atoms. The second kappa shape index (κ2) is 17.3. The van der Waals surface area contributed by atoms with Crippen LogP contribution in [-0.2, 0) is 38.1 Å². The van der Waals surface area contributed by atoms with E-state index >= 15 is 0 Å². The Balaban J connectivity index is 1.86. The summed E-state index contributed by atoms with van der Waals surface area (Å²) in [6, 6.07) is -2.77. The molecule has 0 radical (unpaired) electrons. The lowest BCUT2D eigenvalue weighted by atomic mass is 9.93. The average Bonchev–Trinajstić information content (AvgIpc) is 3.01. The molecule has 3 amide bonds. The lowest BCUT2D eigenvalue weighted by Gasteiger charge is -2.49. The van der Waals surface area contributed by atoms with E-state index in [4.69, 9.17) is 23.7 Å². The minimum atomic E-state index is -1.86. The molecule has 19 nitrogen and oxygen atoms in total. The van der Waals surface area contributed by atoms with Crippen molar-refractivity contribution in [2.45, 2.75) is 132 Å². The molecule has 19 heteroatoms. The standard InChI is InChI=1S/C27H47N3O16/c1-4-5-6-15(36)30-25-16(28-10(2)34)19(38)23(13(8-32)42-25)45-26-17(29-11(3)35)20(39)24(14(9-33)44-26)46-27-22(41)21(40)18(37)12(7-31)43-27/h12-14,16-27,31-33,37-41H,4-9H2,1-3H3,(H,28,34)(H,29,35)(H,30,36)/t12?,13?,14?,16-,17-,18+,19-,20-,21+,22-,23+,24+,25?,26?,27?/m1/s1. The lowest BCUT2D eigenvalue weighted by molar-refractivity contribution is -0.358. The highest BCUT2D eigenvalue weighted by molar-refractivity contribution is 5.77. The van der Waals surface area contributed by atoms with Crippen molar-refractivity contribution < 1.29 is 78.9 Å². The van der Waals surface area contributed by atoms with Crippen molar-refractivity contribution in [1.82, 2.24) is 16.0 Å². The van der Waals surface area contributed by atoms with Crippen LogP contribution in [0.1, 0.15) is 40.0 Å². The Kier molecular flexibility index (Phi) is 14.4. The summed E-state index contributed by atoms with van der Waals surface area (Å²) in [5.41, 5.74) is 0. The van der Waals surface area contributed by atoms with Crippen LogP contribution in [0.15, 0.2) is 0 Å². The molecule has 3 aliphatic rings. The second-order valence-electron chi connectivity index (χ2n) is 11.5. The van der Waals surface area contributed by atoms with E-state index in [2.05, 4.69) is 16.0 Å². The van der Waals surface area contributed by atoms with Crippen LogP contribution in [0, 0.1) is 0 Å². The number of carbonyl (C=O) groups is 3. The zero-order chi connectivity index (χ0) is 34.3. The number of unbranched alkanes of at least 4 members (excludes halogenated alkanes) is 1. The fourth-order valence-electron chi connectivity index (χ4n) is 5.59. The number of rotatable bonds is 13. The van der Waals surface area contributed by atoms with Gasteiger partial charge in [-0.2, -0.15) is 0 Å². The van der Waals surface area contributed by atoms with Gasteiger partial charge in [-0.15, -0.1) is 0 Å². The molecule has 0 aromatic carbocycles. The van der Waals surface area contributed by atoms with Crippen LogP contribution >= 0.6 is 0 Å². The fraction of sp³-hybridized carbons (Fsp3) is 0.889. The van der Waals surface area contributed by atoms with E-state index in [0.29, 0.717) is 6.42 Å². The van der Waals surface area contributed by atoms with E-state index in [-0.39, 0.29) is 6.42 Å². The van der Waals surface area contributed by atoms with E-state index in [1.54, 1.807) is 0 Å². The third kappa shape index (κ3) is 9.07. The van der Waals surface area contributed by atoms with Gasteiger partial charge in [-0.1, -0.05) is 13.3 Å². The molecule has 3 rings (SSSR count). The van der Waals surface area contributed by atoms with Gasteiger partial charge in [0.25, 0.3) is 0 Å². The third-order valence-electron chi connectivity index (χ3n) is 7.98. The van der Waals surface area contributed by atoms with Gasteiger partial charge in [0.2, 0.25) is 17.7 Å². The summed E-state index contributed by atoms with van der Waals surface area (Å²) in [5.74, 6) is -1.69. The SMILES string of the molecule is CCCCC(=O)NC1OC(CO)[C@H](OC2OC(CO)[C@H](OC3OC(CO)[C@H](O)[C@H](O)[C@H]3O)[C@H](O)[C@H]2NC(C)=O)[C@H](O)[C@H]1NC(C)=O. The van der Waals surface area contributed by atoms with Crippen LogP contribution in [0.4, 0.5) is 0 Å². The van der Waals surface area contributed by atoms with Gasteiger partial charge in [-0.3, -0.25) is 14.4 Å². The first-order valence-electron chi connectivity index (χ1n) is 15.1. The number of aliphatic hydroxyl groups excluding tert-OH is 8.